The maximum Gasteiger partial charge on any atom is 0.337 e. The van der Waals surface area contributed by atoms with Crippen LogP contribution in [0, 0.1) is 6.92 Å². The summed E-state index contributed by atoms with van der Waals surface area (Å²) in [4.78, 5) is 16.6. The van der Waals surface area contributed by atoms with E-state index in [1.165, 1.54) is 18.4 Å². The first-order valence-electron chi connectivity index (χ1n) is 10.3. The first kappa shape index (κ1) is 20.4. The third-order valence-electron chi connectivity index (χ3n) is 5.74. The number of rotatable bonds is 7. The van der Waals surface area contributed by atoms with Gasteiger partial charge in [0.25, 0.3) is 0 Å². The number of allylic oxidation sites excluding steroid dienone is 2. The lowest BCUT2D eigenvalue weighted by Crippen LogP contribution is -2.06. The normalized spacial score (nSPS) is 13.9. The topological polar surface area (TPSA) is 64.3 Å². The Balaban J connectivity index is 1.65. The van der Waals surface area contributed by atoms with E-state index in [0.29, 0.717) is 5.56 Å². The van der Waals surface area contributed by atoms with Crippen molar-refractivity contribution in [1.82, 2.24) is 9.55 Å². The van der Waals surface area contributed by atoms with Crippen LogP contribution < -0.4 is 4.74 Å². The predicted molar refractivity (Wildman–Crippen MR) is 120 cm³/mol. The first-order valence-corrected chi connectivity index (χ1v) is 11.2. The van der Waals surface area contributed by atoms with Gasteiger partial charge in [0.1, 0.15) is 10.8 Å². The Morgan fingerprint density at radius 2 is 2.07 bits per heavy atom. The van der Waals surface area contributed by atoms with Gasteiger partial charge in [-0.25, -0.2) is 9.78 Å². The van der Waals surface area contributed by atoms with Gasteiger partial charge in [-0.05, 0) is 69.4 Å². The minimum Gasteiger partial charge on any atom is -0.497 e. The lowest BCUT2D eigenvalue weighted by atomic mass is 9.97. The van der Waals surface area contributed by atoms with Crippen LogP contribution in [0.15, 0.2) is 47.4 Å². The molecule has 156 valence electrons. The molecule has 1 aromatic carbocycles. The summed E-state index contributed by atoms with van der Waals surface area (Å²) in [7, 11) is 1.65. The zero-order valence-corrected chi connectivity index (χ0v) is 18.2. The molecule has 1 N–H and O–H groups in total. The van der Waals surface area contributed by atoms with Gasteiger partial charge in [0.15, 0.2) is 0 Å². The van der Waals surface area contributed by atoms with Gasteiger partial charge in [0.05, 0.1) is 24.1 Å². The number of ether oxygens (including phenoxy) is 1. The molecule has 5 nitrogen and oxygen atoms in total. The third-order valence-corrected chi connectivity index (χ3v) is 6.63. The fourth-order valence-electron chi connectivity index (χ4n) is 4.01. The van der Waals surface area contributed by atoms with Gasteiger partial charge in [-0.2, -0.15) is 0 Å². The van der Waals surface area contributed by atoms with Crippen molar-refractivity contribution in [2.24, 2.45) is 0 Å². The third kappa shape index (κ3) is 4.19. The Morgan fingerprint density at radius 1 is 1.27 bits per heavy atom. The number of hydrogen-bond donors (Lipinski definition) is 1. The Hall–Kier alpha value is -2.86. The molecule has 4 rings (SSSR count). The van der Waals surface area contributed by atoms with E-state index in [4.69, 9.17) is 9.72 Å². The van der Waals surface area contributed by atoms with E-state index in [1.54, 1.807) is 24.5 Å². The highest BCUT2D eigenvalue weighted by Gasteiger charge is 2.20. The van der Waals surface area contributed by atoms with E-state index >= 15 is 0 Å². The van der Waals surface area contributed by atoms with Crippen LogP contribution in [-0.2, 0) is 6.54 Å². The number of carboxylic acid groups (broad SMARTS) is 1. The van der Waals surface area contributed by atoms with E-state index in [-0.39, 0.29) is 0 Å². The molecule has 0 aliphatic heterocycles. The van der Waals surface area contributed by atoms with E-state index in [1.807, 2.05) is 36.6 Å². The van der Waals surface area contributed by atoms with Crippen LogP contribution in [0.25, 0.3) is 22.0 Å². The lowest BCUT2D eigenvalue weighted by molar-refractivity contribution is 0.0696. The number of aromatic carboxylic acids is 1. The number of nitrogens with zero attached hydrogens (tertiary/aromatic N) is 2. The molecule has 0 unspecified atom stereocenters. The summed E-state index contributed by atoms with van der Waals surface area (Å²) in [6, 6.07) is 9.58. The quantitative estimate of drug-likeness (QED) is 0.462. The van der Waals surface area contributed by atoms with E-state index in [0.717, 1.165) is 59.2 Å². The molecule has 0 fully saturated rings. The molecule has 6 heteroatoms. The van der Waals surface area contributed by atoms with Gasteiger partial charge < -0.3 is 14.4 Å². The van der Waals surface area contributed by atoms with Crippen molar-refractivity contribution in [3.8, 4) is 27.7 Å². The molecule has 0 amide bonds. The number of carboxylic acids is 1. The molecule has 3 aromatic rings. The van der Waals surface area contributed by atoms with Crippen LogP contribution in [0.5, 0.6) is 5.75 Å². The fraction of sp³-hybridized carbons (Fsp3) is 0.333. The highest BCUT2D eigenvalue weighted by Crippen LogP contribution is 2.33. The van der Waals surface area contributed by atoms with Gasteiger partial charge in [-0.3, -0.25) is 0 Å². The summed E-state index contributed by atoms with van der Waals surface area (Å²) >= 11 is 1.57. The summed E-state index contributed by atoms with van der Waals surface area (Å²) in [5.74, 6) is -0.0851. The molecular formula is C24H26N2O3S. The zero-order valence-electron chi connectivity index (χ0n) is 17.4. The van der Waals surface area contributed by atoms with Gasteiger partial charge in [-0.1, -0.05) is 11.6 Å². The first-order chi connectivity index (χ1) is 14.6. The summed E-state index contributed by atoms with van der Waals surface area (Å²) < 4.78 is 7.35. The van der Waals surface area contributed by atoms with Crippen molar-refractivity contribution in [3.05, 3.63) is 58.6 Å². The van der Waals surface area contributed by atoms with Crippen molar-refractivity contribution in [2.75, 3.05) is 7.11 Å². The zero-order chi connectivity index (χ0) is 21.1. The maximum atomic E-state index is 11.8. The number of aromatic nitrogens is 2. The summed E-state index contributed by atoms with van der Waals surface area (Å²) in [5, 5.41) is 12.6. The second-order valence-electron chi connectivity index (χ2n) is 7.61. The Labute approximate surface area is 180 Å². The smallest absolute Gasteiger partial charge is 0.337 e. The van der Waals surface area contributed by atoms with Crippen molar-refractivity contribution in [3.63, 3.8) is 0 Å². The molecule has 2 aromatic heterocycles. The van der Waals surface area contributed by atoms with Gasteiger partial charge in [-0.15, -0.1) is 11.3 Å². The Morgan fingerprint density at radius 3 is 2.73 bits per heavy atom. The number of thiazole rings is 1. The molecule has 30 heavy (non-hydrogen) atoms. The maximum absolute atomic E-state index is 11.8. The number of benzene rings is 1. The number of hydrogen-bond acceptors (Lipinski definition) is 4. The van der Waals surface area contributed by atoms with Crippen LogP contribution in [-0.4, -0.2) is 27.7 Å². The van der Waals surface area contributed by atoms with Crippen LogP contribution in [0.2, 0.25) is 0 Å². The molecule has 1 aliphatic carbocycles. The van der Waals surface area contributed by atoms with E-state index in [9.17, 15) is 9.90 Å². The van der Waals surface area contributed by atoms with Gasteiger partial charge in [0, 0.05) is 23.2 Å². The molecule has 0 saturated carbocycles. The second-order valence-corrected chi connectivity index (χ2v) is 8.47. The van der Waals surface area contributed by atoms with Crippen LogP contribution in [0.4, 0.5) is 0 Å². The summed E-state index contributed by atoms with van der Waals surface area (Å²) in [5.41, 5.74) is 5.33. The van der Waals surface area contributed by atoms with Crippen molar-refractivity contribution in [1.29, 1.82) is 0 Å². The molecule has 1 aliphatic rings. The molecule has 0 spiro atoms. The fourth-order valence-corrected chi connectivity index (χ4v) is 4.83. The lowest BCUT2D eigenvalue weighted by Gasteiger charge is -2.15. The average molecular weight is 423 g/mol. The molecule has 0 atom stereocenters. The SMILES string of the molecule is COc1ccc(-c2nc(-c3cc(C(=O)O)c(C)n3CCC3=CCCCC3)cs2)cc1. The largest absolute Gasteiger partial charge is 0.497 e. The molecule has 0 bridgehead atoms. The minimum atomic E-state index is -0.894. The van der Waals surface area contributed by atoms with Gasteiger partial charge >= 0.3 is 5.97 Å². The summed E-state index contributed by atoms with van der Waals surface area (Å²) in [6.45, 7) is 2.66. The molecule has 0 saturated heterocycles. The Bertz CT molecular complexity index is 1080. The van der Waals surface area contributed by atoms with Crippen LogP contribution in [0.3, 0.4) is 0 Å². The molecule has 0 radical (unpaired) electrons. The highest BCUT2D eigenvalue weighted by atomic mass is 32.1. The van der Waals surface area contributed by atoms with Crippen molar-refractivity contribution in [2.45, 2.75) is 45.6 Å². The van der Waals surface area contributed by atoms with E-state index < -0.39 is 5.97 Å². The van der Waals surface area contributed by atoms with Gasteiger partial charge in [0.2, 0.25) is 0 Å². The highest BCUT2D eigenvalue weighted by molar-refractivity contribution is 7.13. The monoisotopic (exact) mass is 422 g/mol. The second kappa shape index (κ2) is 8.88. The Kier molecular flexibility index (Phi) is 6.04. The summed E-state index contributed by atoms with van der Waals surface area (Å²) in [6.07, 6.45) is 8.14. The van der Waals surface area contributed by atoms with Crippen molar-refractivity contribution >= 4 is 17.3 Å². The average Bonchev–Trinajstić information content (AvgIpc) is 3.38. The molecular weight excluding hydrogens is 396 g/mol. The molecule has 2 heterocycles. The van der Waals surface area contributed by atoms with Crippen LogP contribution in [0.1, 0.15) is 48.2 Å². The number of carbonyl (C=O) groups is 1. The van der Waals surface area contributed by atoms with Crippen LogP contribution >= 0.6 is 11.3 Å². The van der Waals surface area contributed by atoms with E-state index in [2.05, 4.69) is 10.6 Å². The number of methoxy groups -OCH3 is 1. The minimum absolute atomic E-state index is 0.349. The predicted octanol–water partition coefficient (Wildman–Crippen LogP) is 6.18. The standard InChI is InChI=1S/C24H26N2O3S/c1-16-20(24(27)28)14-22(26(16)13-12-17-6-4-3-5-7-17)21-15-30-23(25-21)18-8-10-19(29-2)11-9-18/h6,8-11,14-15H,3-5,7,12-13H2,1-2H3,(H,27,28). The van der Waals surface area contributed by atoms with Crippen molar-refractivity contribution < 1.29 is 14.6 Å².